The van der Waals surface area contributed by atoms with Crippen molar-refractivity contribution in [3.8, 4) is 0 Å². The summed E-state index contributed by atoms with van der Waals surface area (Å²) in [7, 11) is -2.87. The molecule has 1 aromatic rings. The van der Waals surface area contributed by atoms with Crippen molar-refractivity contribution in [3.63, 3.8) is 0 Å². The first-order valence-electron chi connectivity index (χ1n) is 6.95. The van der Waals surface area contributed by atoms with E-state index < -0.39 is 9.84 Å². The molecule has 0 radical (unpaired) electrons. The Morgan fingerprint density at radius 2 is 2.00 bits per heavy atom. The first-order valence-corrected chi connectivity index (χ1v) is 8.77. The van der Waals surface area contributed by atoms with Crippen LogP contribution in [-0.4, -0.2) is 50.4 Å². The van der Waals surface area contributed by atoms with E-state index in [2.05, 4.69) is 5.32 Å². The van der Waals surface area contributed by atoms with Crippen LogP contribution in [0, 0.1) is 6.92 Å². The lowest BCUT2D eigenvalue weighted by Gasteiger charge is -2.26. The fraction of sp³-hybridized carbons (Fsp3) is 0.500. The van der Waals surface area contributed by atoms with Crippen molar-refractivity contribution in [3.05, 3.63) is 23.8 Å². The van der Waals surface area contributed by atoms with E-state index in [4.69, 9.17) is 5.73 Å². The Morgan fingerprint density at radius 3 is 2.67 bits per heavy atom. The Labute approximate surface area is 125 Å². The molecule has 1 aliphatic rings. The van der Waals surface area contributed by atoms with E-state index in [0.29, 0.717) is 31.7 Å². The number of rotatable bonds is 4. The Kier molecular flexibility index (Phi) is 4.84. The number of nitrogens with zero attached hydrogens (tertiary/aromatic N) is 1. The van der Waals surface area contributed by atoms with Gasteiger partial charge in [0.2, 0.25) is 5.91 Å². The molecule has 0 atom stereocenters. The van der Waals surface area contributed by atoms with Crippen LogP contribution in [0.15, 0.2) is 18.2 Å². The van der Waals surface area contributed by atoms with Gasteiger partial charge in [0, 0.05) is 37.4 Å². The van der Waals surface area contributed by atoms with E-state index in [-0.39, 0.29) is 17.4 Å². The molecule has 3 N–H and O–H groups in total. The summed E-state index contributed by atoms with van der Waals surface area (Å²) in [6.07, 6.45) is 0.342. The number of carbonyl (C=O) groups is 1. The fourth-order valence-electron chi connectivity index (χ4n) is 2.24. The van der Waals surface area contributed by atoms with Crippen molar-refractivity contribution in [1.82, 2.24) is 4.90 Å². The highest BCUT2D eigenvalue weighted by atomic mass is 32.2. The molecule has 0 saturated carbocycles. The van der Waals surface area contributed by atoms with Gasteiger partial charge in [-0.15, -0.1) is 0 Å². The average molecular weight is 311 g/mol. The van der Waals surface area contributed by atoms with Gasteiger partial charge >= 0.3 is 0 Å². The van der Waals surface area contributed by atoms with Crippen LogP contribution in [0.2, 0.25) is 0 Å². The number of anilines is 2. The SMILES string of the molecule is Cc1c(N)cccc1NC(=O)CCN1CCS(=O)(=O)CC1. The molecule has 1 aliphatic heterocycles. The second kappa shape index (κ2) is 6.44. The van der Waals surface area contributed by atoms with Gasteiger partial charge < -0.3 is 16.0 Å². The summed E-state index contributed by atoms with van der Waals surface area (Å²) in [5.74, 6) is 0.281. The number of hydrogen-bond donors (Lipinski definition) is 2. The van der Waals surface area contributed by atoms with Crippen LogP contribution in [0.1, 0.15) is 12.0 Å². The molecule has 6 nitrogen and oxygen atoms in total. The van der Waals surface area contributed by atoms with Crippen LogP contribution in [0.4, 0.5) is 11.4 Å². The molecular formula is C14H21N3O3S. The summed E-state index contributed by atoms with van der Waals surface area (Å²) in [6.45, 7) is 3.45. The Bertz CT molecular complexity index is 614. The molecule has 1 fully saturated rings. The summed E-state index contributed by atoms with van der Waals surface area (Å²) < 4.78 is 22.7. The number of amides is 1. The van der Waals surface area contributed by atoms with Crippen molar-refractivity contribution in [2.75, 3.05) is 42.2 Å². The Balaban J connectivity index is 1.82. The number of nitrogens with one attached hydrogen (secondary N) is 1. The number of nitrogen functional groups attached to an aromatic ring is 1. The van der Waals surface area contributed by atoms with Crippen LogP contribution >= 0.6 is 0 Å². The lowest BCUT2D eigenvalue weighted by atomic mass is 10.1. The maximum Gasteiger partial charge on any atom is 0.225 e. The van der Waals surface area contributed by atoms with Crippen LogP contribution in [0.25, 0.3) is 0 Å². The molecule has 0 aliphatic carbocycles. The maximum absolute atomic E-state index is 11.9. The van der Waals surface area contributed by atoms with Crippen molar-refractivity contribution < 1.29 is 13.2 Å². The van der Waals surface area contributed by atoms with Gasteiger partial charge in [-0.05, 0) is 24.6 Å². The van der Waals surface area contributed by atoms with Gasteiger partial charge in [-0.2, -0.15) is 0 Å². The van der Waals surface area contributed by atoms with Gasteiger partial charge in [-0.1, -0.05) is 6.07 Å². The second-order valence-electron chi connectivity index (χ2n) is 5.31. The third-order valence-corrected chi connectivity index (χ3v) is 5.35. The van der Waals surface area contributed by atoms with Crippen LogP contribution in [0.3, 0.4) is 0 Å². The molecule has 1 saturated heterocycles. The van der Waals surface area contributed by atoms with Gasteiger partial charge in [-0.3, -0.25) is 4.79 Å². The number of carbonyl (C=O) groups excluding carboxylic acids is 1. The predicted octanol–water partition coefficient (Wildman–Crippen LogP) is 0.636. The van der Waals surface area contributed by atoms with E-state index >= 15 is 0 Å². The van der Waals surface area contributed by atoms with Crippen molar-refractivity contribution in [2.45, 2.75) is 13.3 Å². The lowest BCUT2D eigenvalue weighted by molar-refractivity contribution is -0.116. The molecule has 0 aromatic heterocycles. The van der Waals surface area contributed by atoms with Crippen molar-refractivity contribution >= 4 is 27.1 Å². The minimum absolute atomic E-state index is 0.0860. The van der Waals surface area contributed by atoms with Gasteiger partial charge in [0.25, 0.3) is 0 Å². The summed E-state index contributed by atoms with van der Waals surface area (Å²) in [4.78, 5) is 14.0. The third-order valence-electron chi connectivity index (χ3n) is 3.74. The zero-order valence-corrected chi connectivity index (χ0v) is 12.9. The van der Waals surface area contributed by atoms with E-state index in [1.807, 2.05) is 17.9 Å². The molecule has 1 heterocycles. The largest absolute Gasteiger partial charge is 0.398 e. The van der Waals surface area contributed by atoms with Crippen molar-refractivity contribution in [2.24, 2.45) is 0 Å². The van der Waals surface area contributed by atoms with Gasteiger partial charge in [0.15, 0.2) is 9.84 Å². The standard InChI is InChI=1S/C14H21N3O3S/c1-11-12(15)3-2-4-13(11)16-14(18)5-6-17-7-9-21(19,20)10-8-17/h2-4H,5-10,15H2,1H3,(H,16,18). The van der Waals surface area contributed by atoms with Gasteiger partial charge in [0.05, 0.1) is 11.5 Å². The average Bonchev–Trinajstić information content (AvgIpc) is 2.43. The Hall–Kier alpha value is -1.60. The summed E-state index contributed by atoms with van der Waals surface area (Å²) in [5, 5.41) is 2.84. The monoisotopic (exact) mass is 311 g/mol. The molecule has 1 amide bonds. The van der Waals surface area contributed by atoms with E-state index in [1.165, 1.54) is 0 Å². The van der Waals surface area contributed by atoms with E-state index in [1.54, 1.807) is 12.1 Å². The minimum Gasteiger partial charge on any atom is -0.398 e. The molecule has 0 spiro atoms. The highest BCUT2D eigenvalue weighted by Crippen LogP contribution is 2.20. The zero-order chi connectivity index (χ0) is 15.5. The highest BCUT2D eigenvalue weighted by Gasteiger charge is 2.21. The first kappa shape index (κ1) is 15.8. The molecule has 0 unspecified atom stereocenters. The second-order valence-corrected chi connectivity index (χ2v) is 7.62. The van der Waals surface area contributed by atoms with E-state index in [0.717, 1.165) is 11.3 Å². The first-order chi connectivity index (χ1) is 9.87. The van der Waals surface area contributed by atoms with Gasteiger partial charge in [0.1, 0.15) is 0 Å². The minimum atomic E-state index is -2.87. The topological polar surface area (TPSA) is 92.5 Å². The molecule has 21 heavy (non-hydrogen) atoms. The molecule has 7 heteroatoms. The number of nitrogens with two attached hydrogens (primary N) is 1. The third kappa shape index (κ3) is 4.44. The van der Waals surface area contributed by atoms with Crippen molar-refractivity contribution in [1.29, 1.82) is 0 Å². The van der Waals surface area contributed by atoms with Gasteiger partial charge in [-0.25, -0.2) is 8.42 Å². The quantitative estimate of drug-likeness (QED) is 0.796. The van der Waals surface area contributed by atoms with Crippen LogP contribution in [0.5, 0.6) is 0 Å². The Morgan fingerprint density at radius 1 is 1.33 bits per heavy atom. The molecule has 2 rings (SSSR count). The molecule has 0 bridgehead atoms. The molecular weight excluding hydrogens is 290 g/mol. The number of hydrogen-bond acceptors (Lipinski definition) is 5. The zero-order valence-electron chi connectivity index (χ0n) is 12.1. The number of sulfone groups is 1. The fourth-order valence-corrected chi connectivity index (χ4v) is 3.51. The highest BCUT2D eigenvalue weighted by molar-refractivity contribution is 7.91. The molecule has 116 valence electrons. The summed E-state index contributed by atoms with van der Waals surface area (Å²) in [5.41, 5.74) is 8.02. The lowest BCUT2D eigenvalue weighted by Crippen LogP contribution is -2.41. The normalized spacial score (nSPS) is 18.3. The predicted molar refractivity (Wildman–Crippen MR) is 83.9 cm³/mol. The number of benzene rings is 1. The molecule has 1 aromatic carbocycles. The smallest absolute Gasteiger partial charge is 0.225 e. The maximum atomic E-state index is 11.9. The van der Waals surface area contributed by atoms with E-state index in [9.17, 15) is 13.2 Å². The van der Waals surface area contributed by atoms with Crippen LogP contribution < -0.4 is 11.1 Å². The summed E-state index contributed by atoms with van der Waals surface area (Å²) >= 11 is 0. The summed E-state index contributed by atoms with van der Waals surface area (Å²) in [6, 6.07) is 5.41. The van der Waals surface area contributed by atoms with Crippen LogP contribution in [-0.2, 0) is 14.6 Å².